The highest BCUT2D eigenvalue weighted by Gasteiger charge is 2.53. The standard InChI is InChI=1S/C21H22ClNO3/c1-25-18-11-14-7-10-23(13-15(14)12-19(18)26-2)20(24)21(8-9-21)16-3-5-17(22)6-4-16/h3-6,11-12H,7-10,13H2,1-2H3. The number of halogens is 1. The van der Waals surface area contributed by atoms with Crippen molar-refractivity contribution in [3.05, 3.63) is 58.1 Å². The van der Waals surface area contributed by atoms with E-state index in [4.69, 9.17) is 21.1 Å². The predicted octanol–water partition coefficient (Wildman–Crippen LogP) is 3.97. The number of fused-ring (bicyclic) bond motifs is 1. The fourth-order valence-electron chi connectivity index (χ4n) is 3.88. The number of nitrogens with zero attached hydrogens (tertiary/aromatic N) is 1. The number of amides is 1. The quantitative estimate of drug-likeness (QED) is 0.816. The lowest BCUT2D eigenvalue weighted by Gasteiger charge is -2.32. The van der Waals surface area contributed by atoms with Gasteiger partial charge in [0, 0.05) is 18.1 Å². The van der Waals surface area contributed by atoms with Crippen molar-refractivity contribution in [3.8, 4) is 11.5 Å². The molecule has 1 heterocycles. The summed E-state index contributed by atoms with van der Waals surface area (Å²) in [5.74, 6) is 1.67. The van der Waals surface area contributed by atoms with Gasteiger partial charge in [0.2, 0.25) is 5.91 Å². The Balaban J connectivity index is 1.59. The molecule has 1 aliphatic heterocycles. The summed E-state index contributed by atoms with van der Waals surface area (Å²) in [5, 5.41) is 0.699. The molecule has 2 aromatic carbocycles. The molecule has 0 radical (unpaired) electrons. The van der Waals surface area contributed by atoms with Crippen LogP contribution in [0.1, 0.15) is 29.5 Å². The van der Waals surface area contributed by atoms with Gasteiger partial charge in [0.1, 0.15) is 0 Å². The Labute approximate surface area is 158 Å². The van der Waals surface area contributed by atoms with Gasteiger partial charge in [0.15, 0.2) is 11.5 Å². The number of rotatable bonds is 4. The lowest BCUT2D eigenvalue weighted by molar-refractivity contribution is -0.134. The van der Waals surface area contributed by atoms with Crippen molar-refractivity contribution in [2.75, 3.05) is 20.8 Å². The number of carbonyl (C=O) groups excluding carboxylic acids is 1. The Bertz CT molecular complexity index is 843. The molecule has 0 unspecified atom stereocenters. The van der Waals surface area contributed by atoms with Crippen LogP contribution in [0.5, 0.6) is 11.5 Å². The van der Waals surface area contributed by atoms with Crippen LogP contribution in [-0.4, -0.2) is 31.6 Å². The van der Waals surface area contributed by atoms with E-state index in [0.29, 0.717) is 17.3 Å². The summed E-state index contributed by atoms with van der Waals surface area (Å²) in [7, 11) is 3.28. The van der Waals surface area contributed by atoms with E-state index in [2.05, 4.69) is 0 Å². The summed E-state index contributed by atoms with van der Waals surface area (Å²) in [6.45, 7) is 1.35. The van der Waals surface area contributed by atoms with Gasteiger partial charge in [-0.3, -0.25) is 4.79 Å². The van der Waals surface area contributed by atoms with Crippen molar-refractivity contribution in [1.82, 2.24) is 4.90 Å². The molecular formula is C21H22ClNO3. The number of hydrogen-bond donors (Lipinski definition) is 0. The molecule has 4 nitrogen and oxygen atoms in total. The molecule has 0 spiro atoms. The Morgan fingerprint density at radius 1 is 1.04 bits per heavy atom. The number of methoxy groups -OCH3 is 2. The van der Waals surface area contributed by atoms with Crippen LogP contribution >= 0.6 is 11.6 Å². The zero-order valence-electron chi connectivity index (χ0n) is 15.0. The van der Waals surface area contributed by atoms with Gasteiger partial charge in [-0.2, -0.15) is 0 Å². The highest BCUT2D eigenvalue weighted by Crippen LogP contribution is 2.50. The molecule has 0 aromatic heterocycles. The highest BCUT2D eigenvalue weighted by atomic mass is 35.5. The first-order chi connectivity index (χ1) is 12.6. The Hall–Kier alpha value is -2.20. The van der Waals surface area contributed by atoms with Crippen molar-refractivity contribution < 1.29 is 14.3 Å². The van der Waals surface area contributed by atoms with Gasteiger partial charge in [0.25, 0.3) is 0 Å². The number of hydrogen-bond acceptors (Lipinski definition) is 3. The monoisotopic (exact) mass is 371 g/mol. The summed E-state index contributed by atoms with van der Waals surface area (Å²) < 4.78 is 10.8. The smallest absolute Gasteiger partial charge is 0.233 e. The summed E-state index contributed by atoms with van der Waals surface area (Å²) in [4.78, 5) is 15.3. The van der Waals surface area contributed by atoms with Gasteiger partial charge in [-0.15, -0.1) is 0 Å². The molecule has 4 rings (SSSR count). The van der Waals surface area contributed by atoms with Gasteiger partial charge in [-0.25, -0.2) is 0 Å². The summed E-state index contributed by atoms with van der Waals surface area (Å²) in [5.41, 5.74) is 3.07. The molecule has 1 aliphatic carbocycles. The van der Waals surface area contributed by atoms with Gasteiger partial charge in [-0.05, 0) is 60.2 Å². The average Bonchev–Trinajstić information content (AvgIpc) is 3.48. The lowest BCUT2D eigenvalue weighted by atomic mass is 9.92. The molecule has 1 saturated carbocycles. The zero-order chi connectivity index (χ0) is 18.3. The van der Waals surface area contributed by atoms with Crippen molar-refractivity contribution in [3.63, 3.8) is 0 Å². The van der Waals surface area contributed by atoms with Crippen LogP contribution in [-0.2, 0) is 23.2 Å². The molecule has 136 valence electrons. The second-order valence-corrected chi connectivity index (χ2v) is 7.48. The third-order valence-electron chi connectivity index (χ3n) is 5.56. The molecule has 0 saturated heterocycles. The molecule has 0 N–H and O–H groups in total. The van der Waals surface area contributed by atoms with Crippen LogP contribution in [0.2, 0.25) is 5.02 Å². The fraction of sp³-hybridized carbons (Fsp3) is 0.381. The first-order valence-corrected chi connectivity index (χ1v) is 9.24. The van der Waals surface area contributed by atoms with Crippen molar-refractivity contribution in [2.24, 2.45) is 0 Å². The molecular weight excluding hydrogens is 350 g/mol. The molecule has 2 aliphatic rings. The van der Waals surface area contributed by atoms with Crippen LogP contribution in [0, 0.1) is 0 Å². The molecule has 0 bridgehead atoms. The normalized spacial score (nSPS) is 17.4. The first-order valence-electron chi connectivity index (χ1n) is 8.86. The van der Waals surface area contributed by atoms with E-state index < -0.39 is 0 Å². The number of benzene rings is 2. The Morgan fingerprint density at radius 2 is 1.65 bits per heavy atom. The predicted molar refractivity (Wildman–Crippen MR) is 101 cm³/mol. The summed E-state index contributed by atoms with van der Waals surface area (Å²) in [6, 6.07) is 11.7. The minimum atomic E-state index is -0.362. The van der Waals surface area contributed by atoms with E-state index in [1.807, 2.05) is 41.3 Å². The zero-order valence-corrected chi connectivity index (χ0v) is 15.8. The molecule has 26 heavy (non-hydrogen) atoms. The van der Waals surface area contributed by atoms with E-state index in [1.165, 1.54) is 5.56 Å². The van der Waals surface area contributed by atoms with Gasteiger partial charge in [0.05, 0.1) is 19.6 Å². The van der Waals surface area contributed by atoms with E-state index in [1.54, 1.807) is 14.2 Å². The topological polar surface area (TPSA) is 38.8 Å². The van der Waals surface area contributed by atoms with E-state index >= 15 is 0 Å². The number of carbonyl (C=O) groups is 1. The largest absolute Gasteiger partial charge is 0.493 e. The second kappa shape index (κ2) is 6.51. The minimum absolute atomic E-state index is 0.222. The average molecular weight is 372 g/mol. The van der Waals surface area contributed by atoms with E-state index in [9.17, 15) is 4.79 Å². The third kappa shape index (κ3) is 2.82. The maximum atomic E-state index is 13.3. The molecule has 5 heteroatoms. The minimum Gasteiger partial charge on any atom is -0.493 e. The van der Waals surface area contributed by atoms with Gasteiger partial charge < -0.3 is 14.4 Å². The van der Waals surface area contributed by atoms with Crippen LogP contribution in [0.15, 0.2) is 36.4 Å². The Morgan fingerprint density at radius 3 is 2.23 bits per heavy atom. The molecule has 2 aromatic rings. The fourth-order valence-corrected chi connectivity index (χ4v) is 4.01. The van der Waals surface area contributed by atoms with Crippen LogP contribution < -0.4 is 9.47 Å². The van der Waals surface area contributed by atoms with Crippen LogP contribution in [0.4, 0.5) is 0 Å². The van der Waals surface area contributed by atoms with Crippen LogP contribution in [0.3, 0.4) is 0 Å². The third-order valence-corrected chi connectivity index (χ3v) is 5.81. The van der Waals surface area contributed by atoms with Crippen molar-refractivity contribution >= 4 is 17.5 Å². The molecule has 1 amide bonds. The SMILES string of the molecule is COc1cc2c(cc1OC)CN(C(=O)C1(c3ccc(Cl)cc3)CC1)CC2. The second-order valence-electron chi connectivity index (χ2n) is 7.04. The first kappa shape index (κ1) is 17.2. The maximum Gasteiger partial charge on any atom is 0.233 e. The maximum absolute atomic E-state index is 13.3. The van der Waals surface area contributed by atoms with Crippen molar-refractivity contribution in [1.29, 1.82) is 0 Å². The Kier molecular flexibility index (Phi) is 4.31. The lowest BCUT2D eigenvalue weighted by Crippen LogP contribution is -2.42. The highest BCUT2D eigenvalue weighted by molar-refractivity contribution is 6.30. The van der Waals surface area contributed by atoms with Gasteiger partial charge >= 0.3 is 0 Å². The van der Waals surface area contributed by atoms with E-state index in [0.717, 1.165) is 42.7 Å². The van der Waals surface area contributed by atoms with Crippen LogP contribution in [0.25, 0.3) is 0 Å². The summed E-state index contributed by atoms with van der Waals surface area (Å²) >= 11 is 6.00. The summed E-state index contributed by atoms with van der Waals surface area (Å²) in [6.07, 6.45) is 2.64. The molecule has 1 fully saturated rings. The van der Waals surface area contributed by atoms with Gasteiger partial charge in [-0.1, -0.05) is 23.7 Å². The van der Waals surface area contributed by atoms with E-state index in [-0.39, 0.29) is 11.3 Å². The number of ether oxygens (including phenoxy) is 2. The van der Waals surface area contributed by atoms with Crippen molar-refractivity contribution in [2.45, 2.75) is 31.2 Å². The molecule has 0 atom stereocenters.